The molecule has 116 valence electrons. The average Bonchev–Trinajstić information content (AvgIpc) is 3.04. The van der Waals surface area contributed by atoms with Crippen LogP contribution in [0.4, 0.5) is 0 Å². The van der Waals surface area contributed by atoms with Crippen LogP contribution in [0, 0.1) is 0 Å². The highest BCUT2D eigenvalue weighted by Gasteiger charge is 2.08. The molecule has 1 N–H and O–H groups in total. The van der Waals surface area contributed by atoms with Gasteiger partial charge >= 0.3 is 5.97 Å². The van der Waals surface area contributed by atoms with Crippen molar-refractivity contribution < 1.29 is 14.3 Å². The lowest BCUT2D eigenvalue weighted by molar-refractivity contribution is -0.145. The van der Waals surface area contributed by atoms with E-state index in [-0.39, 0.29) is 18.3 Å². The highest BCUT2D eigenvalue weighted by Crippen LogP contribution is 2.20. The fourth-order valence-electron chi connectivity index (χ4n) is 1.51. The molecule has 2 aromatic rings. The number of esters is 1. The van der Waals surface area contributed by atoms with Gasteiger partial charge in [-0.15, -0.1) is 23.1 Å². The fraction of sp³-hybridized carbons (Fsp3) is 0.200. The van der Waals surface area contributed by atoms with E-state index >= 15 is 0 Å². The molecule has 0 fully saturated rings. The molecule has 1 heterocycles. The average molecular weight is 356 g/mol. The summed E-state index contributed by atoms with van der Waals surface area (Å²) < 4.78 is 4.92. The Morgan fingerprint density at radius 2 is 2.00 bits per heavy atom. The SMILES string of the molecule is O=C(COC(=O)CSc1ccc(Cl)cc1)NCc1cccs1. The number of hydrogen-bond acceptors (Lipinski definition) is 5. The summed E-state index contributed by atoms with van der Waals surface area (Å²) in [6.45, 7) is 0.193. The van der Waals surface area contributed by atoms with Crippen LogP contribution in [0.3, 0.4) is 0 Å². The maximum Gasteiger partial charge on any atom is 0.316 e. The summed E-state index contributed by atoms with van der Waals surface area (Å²) in [5.41, 5.74) is 0. The third kappa shape index (κ3) is 6.09. The molecule has 7 heteroatoms. The second-order valence-corrected chi connectivity index (χ2v) is 6.78. The smallest absolute Gasteiger partial charge is 0.316 e. The van der Waals surface area contributed by atoms with E-state index < -0.39 is 5.97 Å². The number of carbonyl (C=O) groups excluding carboxylic acids is 2. The Kier molecular flexibility index (Phi) is 6.76. The van der Waals surface area contributed by atoms with Gasteiger partial charge in [0.2, 0.25) is 0 Å². The number of amides is 1. The second-order valence-electron chi connectivity index (χ2n) is 4.26. The molecule has 0 radical (unpaired) electrons. The van der Waals surface area contributed by atoms with Crippen LogP contribution < -0.4 is 5.32 Å². The Hall–Kier alpha value is -1.50. The monoisotopic (exact) mass is 355 g/mol. The molecule has 0 atom stereocenters. The van der Waals surface area contributed by atoms with Crippen LogP contribution >= 0.6 is 34.7 Å². The molecular weight excluding hydrogens is 342 g/mol. The summed E-state index contributed by atoms with van der Waals surface area (Å²) in [7, 11) is 0. The van der Waals surface area contributed by atoms with Crippen LogP contribution in [-0.4, -0.2) is 24.2 Å². The van der Waals surface area contributed by atoms with E-state index in [4.69, 9.17) is 16.3 Å². The second kappa shape index (κ2) is 8.82. The third-order valence-corrected chi connectivity index (χ3v) is 4.69. The van der Waals surface area contributed by atoms with Crippen molar-refractivity contribution in [2.75, 3.05) is 12.4 Å². The maximum atomic E-state index is 11.6. The Morgan fingerprint density at radius 3 is 2.68 bits per heavy atom. The van der Waals surface area contributed by atoms with Crippen molar-refractivity contribution in [2.45, 2.75) is 11.4 Å². The summed E-state index contributed by atoms with van der Waals surface area (Å²) in [4.78, 5) is 25.1. The van der Waals surface area contributed by atoms with Crippen molar-refractivity contribution in [3.05, 3.63) is 51.7 Å². The summed E-state index contributed by atoms with van der Waals surface area (Å²) >= 11 is 8.68. The number of halogens is 1. The number of nitrogens with one attached hydrogen (secondary N) is 1. The van der Waals surface area contributed by atoms with Gasteiger partial charge in [-0.3, -0.25) is 9.59 Å². The Labute approximate surface area is 141 Å². The number of rotatable bonds is 7. The van der Waals surface area contributed by atoms with E-state index in [1.807, 2.05) is 29.6 Å². The first kappa shape index (κ1) is 16.9. The number of hydrogen-bond donors (Lipinski definition) is 1. The normalized spacial score (nSPS) is 10.2. The van der Waals surface area contributed by atoms with Gasteiger partial charge in [0, 0.05) is 14.8 Å². The molecule has 1 aromatic carbocycles. The quantitative estimate of drug-likeness (QED) is 0.611. The van der Waals surface area contributed by atoms with E-state index in [0.29, 0.717) is 11.6 Å². The molecule has 0 spiro atoms. The number of thiophene rings is 1. The lowest BCUT2D eigenvalue weighted by Gasteiger charge is -2.06. The number of benzene rings is 1. The highest BCUT2D eigenvalue weighted by molar-refractivity contribution is 8.00. The molecule has 0 saturated carbocycles. The fourth-order valence-corrected chi connectivity index (χ4v) is 2.98. The molecule has 0 aliphatic rings. The number of ether oxygens (including phenoxy) is 1. The first-order valence-corrected chi connectivity index (χ1v) is 8.71. The molecule has 22 heavy (non-hydrogen) atoms. The number of thioether (sulfide) groups is 1. The van der Waals surface area contributed by atoms with Gasteiger partial charge in [0.05, 0.1) is 12.3 Å². The van der Waals surface area contributed by atoms with Crippen molar-refractivity contribution in [3.8, 4) is 0 Å². The zero-order chi connectivity index (χ0) is 15.8. The molecule has 2 rings (SSSR count). The maximum absolute atomic E-state index is 11.6. The third-order valence-electron chi connectivity index (χ3n) is 2.57. The Morgan fingerprint density at radius 1 is 1.23 bits per heavy atom. The molecule has 0 aliphatic heterocycles. The van der Waals surface area contributed by atoms with Gasteiger partial charge in [-0.25, -0.2) is 0 Å². The van der Waals surface area contributed by atoms with Crippen molar-refractivity contribution in [1.29, 1.82) is 0 Å². The minimum atomic E-state index is -0.425. The van der Waals surface area contributed by atoms with E-state index in [2.05, 4.69) is 5.32 Å². The lowest BCUT2D eigenvalue weighted by Crippen LogP contribution is -2.28. The van der Waals surface area contributed by atoms with Gasteiger partial charge in [0.1, 0.15) is 0 Å². The topological polar surface area (TPSA) is 55.4 Å². The molecule has 0 aliphatic carbocycles. The summed E-state index contributed by atoms with van der Waals surface area (Å²) in [5.74, 6) is -0.579. The van der Waals surface area contributed by atoms with Gasteiger partial charge < -0.3 is 10.1 Å². The van der Waals surface area contributed by atoms with Crippen molar-refractivity contribution in [3.63, 3.8) is 0 Å². The van der Waals surface area contributed by atoms with Crippen LogP contribution in [0.2, 0.25) is 5.02 Å². The first-order valence-electron chi connectivity index (χ1n) is 6.46. The van der Waals surface area contributed by atoms with Crippen LogP contribution in [0.15, 0.2) is 46.7 Å². The predicted molar refractivity (Wildman–Crippen MR) is 89.3 cm³/mol. The highest BCUT2D eigenvalue weighted by atomic mass is 35.5. The van der Waals surface area contributed by atoms with Gasteiger partial charge in [-0.2, -0.15) is 0 Å². The molecule has 1 amide bonds. The largest absolute Gasteiger partial charge is 0.455 e. The predicted octanol–water partition coefficient (Wildman–Crippen LogP) is 3.35. The van der Waals surface area contributed by atoms with Crippen LogP contribution in [-0.2, 0) is 20.9 Å². The van der Waals surface area contributed by atoms with E-state index in [0.717, 1.165) is 9.77 Å². The Bertz CT molecular complexity index is 614. The summed E-state index contributed by atoms with van der Waals surface area (Å²) in [6.07, 6.45) is 0. The molecule has 1 aromatic heterocycles. The van der Waals surface area contributed by atoms with Crippen molar-refractivity contribution in [2.24, 2.45) is 0 Å². The van der Waals surface area contributed by atoms with Gasteiger partial charge in [-0.1, -0.05) is 17.7 Å². The standard InChI is InChI=1S/C15H14ClNO3S2/c16-11-3-5-12(6-4-11)22-10-15(19)20-9-14(18)17-8-13-2-1-7-21-13/h1-7H,8-10H2,(H,17,18). The lowest BCUT2D eigenvalue weighted by atomic mass is 10.4. The van der Waals surface area contributed by atoms with Crippen LogP contribution in [0.1, 0.15) is 4.88 Å². The van der Waals surface area contributed by atoms with Crippen LogP contribution in [0.5, 0.6) is 0 Å². The zero-order valence-electron chi connectivity index (χ0n) is 11.6. The van der Waals surface area contributed by atoms with Crippen molar-refractivity contribution in [1.82, 2.24) is 5.32 Å². The van der Waals surface area contributed by atoms with Crippen molar-refractivity contribution >= 4 is 46.6 Å². The van der Waals surface area contributed by atoms with E-state index in [1.54, 1.807) is 23.5 Å². The summed E-state index contributed by atoms with van der Waals surface area (Å²) in [5, 5.41) is 5.28. The molecule has 4 nitrogen and oxygen atoms in total. The molecule has 0 unspecified atom stereocenters. The van der Waals surface area contributed by atoms with Gasteiger partial charge in [0.15, 0.2) is 6.61 Å². The number of carbonyl (C=O) groups is 2. The minimum absolute atomic E-state index is 0.153. The van der Waals surface area contributed by atoms with Crippen LogP contribution in [0.25, 0.3) is 0 Å². The zero-order valence-corrected chi connectivity index (χ0v) is 14.0. The minimum Gasteiger partial charge on any atom is -0.455 e. The molecule has 0 saturated heterocycles. The van der Waals surface area contributed by atoms with E-state index in [9.17, 15) is 9.59 Å². The Balaban J connectivity index is 1.62. The molecular formula is C15H14ClNO3S2. The van der Waals surface area contributed by atoms with E-state index in [1.165, 1.54) is 11.8 Å². The molecule has 0 bridgehead atoms. The first-order chi connectivity index (χ1) is 10.6. The van der Waals surface area contributed by atoms with Gasteiger partial charge in [-0.05, 0) is 35.7 Å². The summed E-state index contributed by atoms with van der Waals surface area (Å²) in [6, 6.07) is 11.0. The van der Waals surface area contributed by atoms with Gasteiger partial charge in [0.25, 0.3) is 5.91 Å².